The van der Waals surface area contributed by atoms with Gasteiger partial charge < -0.3 is 24.9 Å². The van der Waals surface area contributed by atoms with Crippen molar-refractivity contribution in [2.45, 2.75) is 6.54 Å². The molecular weight excluding hydrogens is 448 g/mol. The van der Waals surface area contributed by atoms with Gasteiger partial charge in [0.05, 0.1) is 24.0 Å². The Morgan fingerprint density at radius 3 is 2.73 bits per heavy atom. The Labute approximate surface area is 180 Å². The van der Waals surface area contributed by atoms with E-state index < -0.39 is 0 Å². The van der Waals surface area contributed by atoms with Gasteiger partial charge in [0.25, 0.3) is 0 Å². The summed E-state index contributed by atoms with van der Waals surface area (Å²) in [4.78, 5) is 26.8. The Morgan fingerprint density at radius 2 is 1.93 bits per heavy atom. The average Bonchev–Trinajstić information content (AvgIpc) is 3.12. The van der Waals surface area contributed by atoms with Gasteiger partial charge in [-0.15, -0.1) is 0 Å². The average molecular weight is 467 g/mol. The summed E-state index contributed by atoms with van der Waals surface area (Å²) in [5, 5.41) is 6.62. The largest absolute Gasteiger partial charge is 0.495 e. The van der Waals surface area contributed by atoms with Crippen LogP contribution in [0.25, 0.3) is 10.9 Å². The third-order valence-corrected chi connectivity index (χ3v) is 5.16. The summed E-state index contributed by atoms with van der Waals surface area (Å²) in [6, 6.07) is 16.1. The van der Waals surface area contributed by atoms with Crippen LogP contribution in [-0.2, 0) is 6.54 Å². The fourth-order valence-electron chi connectivity index (χ4n) is 3.31. The van der Waals surface area contributed by atoms with E-state index >= 15 is 0 Å². The van der Waals surface area contributed by atoms with Crippen LogP contribution in [0, 0.1) is 0 Å². The van der Waals surface area contributed by atoms with Crippen LogP contribution in [-0.4, -0.2) is 22.7 Å². The van der Waals surface area contributed by atoms with Crippen molar-refractivity contribution < 1.29 is 9.53 Å². The van der Waals surface area contributed by atoms with E-state index in [1.807, 2.05) is 47.2 Å². The number of anilines is 2. The lowest BCUT2D eigenvalue weighted by Gasteiger charge is -2.12. The van der Waals surface area contributed by atoms with E-state index in [1.54, 1.807) is 31.5 Å². The maximum absolute atomic E-state index is 12.6. The van der Waals surface area contributed by atoms with Gasteiger partial charge in [-0.25, -0.2) is 4.79 Å². The highest BCUT2D eigenvalue weighted by atomic mass is 79.9. The molecule has 0 aliphatic rings. The minimum Gasteiger partial charge on any atom is -0.495 e. The molecule has 2 aromatic carbocycles. The number of H-pyrrole nitrogens is 1. The van der Waals surface area contributed by atoms with Crippen LogP contribution >= 0.6 is 15.9 Å². The zero-order valence-electron chi connectivity index (χ0n) is 16.1. The Hall–Kier alpha value is -3.52. The second-order valence-electron chi connectivity index (χ2n) is 6.67. The third-order valence-electron chi connectivity index (χ3n) is 4.66. The minimum atomic E-state index is -0.374. The Morgan fingerprint density at radius 1 is 1.10 bits per heavy atom. The number of aromatic amines is 1. The molecule has 0 aliphatic heterocycles. The highest BCUT2D eigenvalue weighted by Crippen LogP contribution is 2.29. The summed E-state index contributed by atoms with van der Waals surface area (Å²) in [6.07, 6.45) is 3.57. The van der Waals surface area contributed by atoms with Gasteiger partial charge in [-0.3, -0.25) is 4.79 Å². The fraction of sp³-hybridized carbons (Fsp3) is 0.0909. The molecule has 0 radical (unpaired) electrons. The Bertz CT molecular complexity index is 1280. The molecule has 0 saturated heterocycles. The van der Waals surface area contributed by atoms with E-state index in [2.05, 4.69) is 31.5 Å². The molecule has 0 saturated carbocycles. The van der Waals surface area contributed by atoms with E-state index in [0.717, 1.165) is 20.9 Å². The number of carbonyl (C=O) groups is 1. The zero-order chi connectivity index (χ0) is 21.1. The van der Waals surface area contributed by atoms with Gasteiger partial charge in [-0.2, -0.15) is 0 Å². The van der Waals surface area contributed by atoms with Gasteiger partial charge in [0.2, 0.25) is 5.56 Å². The number of pyridine rings is 1. The summed E-state index contributed by atoms with van der Waals surface area (Å²) < 4.78 is 8.16. The highest BCUT2D eigenvalue weighted by molar-refractivity contribution is 9.10. The van der Waals surface area contributed by atoms with Gasteiger partial charge in [0.1, 0.15) is 5.75 Å². The molecule has 0 unspecified atom stereocenters. The molecular formula is C22H19BrN4O3. The molecule has 0 spiro atoms. The number of rotatable bonds is 5. The van der Waals surface area contributed by atoms with Crippen LogP contribution in [0.1, 0.15) is 5.56 Å². The Kier molecular flexibility index (Phi) is 5.58. The van der Waals surface area contributed by atoms with Crippen molar-refractivity contribution >= 4 is 44.2 Å². The second kappa shape index (κ2) is 8.46. The van der Waals surface area contributed by atoms with E-state index in [9.17, 15) is 9.59 Å². The van der Waals surface area contributed by atoms with Crippen LogP contribution in [0.2, 0.25) is 0 Å². The molecule has 3 N–H and O–H groups in total. The van der Waals surface area contributed by atoms with E-state index in [4.69, 9.17) is 4.74 Å². The molecule has 0 bridgehead atoms. The topological polar surface area (TPSA) is 88.2 Å². The fourth-order valence-corrected chi connectivity index (χ4v) is 3.67. The number of aromatic nitrogens is 2. The maximum atomic E-state index is 12.6. The molecule has 152 valence electrons. The lowest BCUT2D eigenvalue weighted by molar-refractivity contribution is 0.262. The predicted octanol–water partition coefficient (Wildman–Crippen LogP) is 4.79. The van der Waals surface area contributed by atoms with Crippen molar-refractivity contribution in [3.63, 3.8) is 0 Å². The summed E-state index contributed by atoms with van der Waals surface area (Å²) >= 11 is 3.40. The number of fused-ring (bicyclic) bond motifs is 1. The number of methoxy groups -OCH3 is 1. The number of halogens is 1. The van der Waals surface area contributed by atoms with Crippen LogP contribution in [0.4, 0.5) is 16.2 Å². The SMILES string of the molecule is COc1ccc(Br)cc1NC(=O)Nc1cccc2c1ccn2Cc1cc[nH]c(=O)c1. The number of amides is 2. The summed E-state index contributed by atoms with van der Waals surface area (Å²) in [7, 11) is 1.55. The second-order valence-corrected chi connectivity index (χ2v) is 7.58. The number of benzene rings is 2. The summed E-state index contributed by atoms with van der Waals surface area (Å²) in [6.45, 7) is 0.554. The Balaban J connectivity index is 1.56. The van der Waals surface area contributed by atoms with Crippen molar-refractivity contribution in [1.29, 1.82) is 0 Å². The van der Waals surface area contributed by atoms with Crippen LogP contribution < -0.4 is 20.9 Å². The monoisotopic (exact) mass is 466 g/mol. The normalized spacial score (nSPS) is 10.7. The third kappa shape index (κ3) is 4.23. The number of hydrogen-bond acceptors (Lipinski definition) is 3. The van der Waals surface area contributed by atoms with Gasteiger partial charge in [-0.05, 0) is 48.0 Å². The van der Waals surface area contributed by atoms with Crippen LogP contribution in [0.3, 0.4) is 0 Å². The first-order valence-electron chi connectivity index (χ1n) is 9.20. The van der Waals surface area contributed by atoms with Crippen LogP contribution in [0.5, 0.6) is 5.75 Å². The molecule has 4 rings (SSSR count). The lowest BCUT2D eigenvalue weighted by atomic mass is 10.2. The number of urea groups is 1. The van der Waals surface area contributed by atoms with Crippen molar-refractivity contribution in [3.8, 4) is 5.75 Å². The number of nitrogens with one attached hydrogen (secondary N) is 3. The molecule has 2 amide bonds. The van der Waals surface area contributed by atoms with Gasteiger partial charge in [-0.1, -0.05) is 22.0 Å². The van der Waals surface area contributed by atoms with Crippen molar-refractivity contribution in [1.82, 2.24) is 9.55 Å². The molecule has 0 aliphatic carbocycles. The number of carbonyl (C=O) groups excluding carboxylic acids is 1. The lowest BCUT2D eigenvalue weighted by Crippen LogP contribution is -2.20. The van der Waals surface area contributed by atoms with Gasteiger partial charge >= 0.3 is 6.03 Å². The van der Waals surface area contributed by atoms with Crippen molar-refractivity contribution in [2.24, 2.45) is 0 Å². The maximum Gasteiger partial charge on any atom is 0.323 e. The summed E-state index contributed by atoms with van der Waals surface area (Å²) in [5.41, 5.74) is 2.96. The number of hydrogen-bond donors (Lipinski definition) is 3. The highest BCUT2D eigenvalue weighted by Gasteiger charge is 2.11. The quantitative estimate of drug-likeness (QED) is 0.394. The first-order chi connectivity index (χ1) is 14.5. The van der Waals surface area contributed by atoms with E-state index in [-0.39, 0.29) is 11.6 Å². The molecule has 2 aromatic heterocycles. The van der Waals surface area contributed by atoms with Crippen LogP contribution in [0.15, 0.2) is 76.3 Å². The molecule has 7 nitrogen and oxygen atoms in total. The molecule has 4 aromatic rings. The molecule has 8 heteroatoms. The smallest absolute Gasteiger partial charge is 0.323 e. The van der Waals surface area contributed by atoms with E-state index in [1.165, 1.54) is 0 Å². The standard InChI is InChI=1S/C22H19BrN4O3/c1-30-20-6-5-15(23)12-18(20)26-22(29)25-17-3-2-4-19-16(17)8-10-27(19)13-14-7-9-24-21(28)11-14/h2-12H,13H2,1H3,(H,24,28)(H2,25,26,29). The number of nitrogens with zero attached hydrogens (tertiary/aromatic N) is 1. The van der Waals surface area contributed by atoms with E-state index in [0.29, 0.717) is 23.7 Å². The van der Waals surface area contributed by atoms with Gasteiger partial charge in [0, 0.05) is 34.9 Å². The summed E-state index contributed by atoms with van der Waals surface area (Å²) in [5.74, 6) is 0.565. The molecule has 2 heterocycles. The molecule has 0 fully saturated rings. The van der Waals surface area contributed by atoms with Crippen molar-refractivity contribution in [3.05, 3.63) is 87.4 Å². The molecule has 0 atom stereocenters. The number of ether oxygens (including phenoxy) is 1. The first-order valence-corrected chi connectivity index (χ1v) is 10.00. The zero-order valence-corrected chi connectivity index (χ0v) is 17.7. The van der Waals surface area contributed by atoms with Gasteiger partial charge in [0.15, 0.2) is 0 Å². The van der Waals surface area contributed by atoms with Crippen molar-refractivity contribution in [2.75, 3.05) is 17.7 Å². The first kappa shape index (κ1) is 19.8. The minimum absolute atomic E-state index is 0.133. The molecule has 30 heavy (non-hydrogen) atoms. The predicted molar refractivity (Wildman–Crippen MR) is 121 cm³/mol.